The van der Waals surface area contributed by atoms with Crippen LogP contribution in [0.5, 0.6) is 5.75 Å². The van der Waals surface area contributed by atoms with E-state index in [9.17, 15) is 13.9 Å². The number of nitrogens with two attached hydrogens (primary N) is 1. The van der Waals surface area contributed by atoms with Crippen LogP contribution in [0.4, 0.5) is 8.78 Å². The fourth-order valence-corrected chi connectivity index (χ4v) is 1.40. The molecule has 0 saturated heterocycles. The van der Waals surface area contributed by atoms with Crippen molar-refractivity contribution in [3.8, 4) is 5.75 Å². The summed E-state index contributed by atoms with van der Waals surface area (Å²) in [5, 5.41) is 9.30. The van der Waals surface area contributed by atoms with Crippen molar-refractivity contribution in [2.75, 3.05) is 0 Å². The van der Waals surface area contributed by atoms with Gasteiger partial charge in [0, 0.05) is 5.54 Å². The number of hydrogen-bond donors (Lipinski definition) is 2. The molecule has 1 fully saturated rings. The second-order valence-electron chi connectivity index (χ2n) is 3.41. The molecule has 0 amide bonds. The number of benzene rings is 1. The fraction of sp³-hybridized carbons (Fsp3) is 0.333. The Hall–Kier alpha value is -1.16. The first kappa shape index (κ1) is 8.44. The first-order chi connectivity index (χ1) is 6.04. The second-order valence-corrected chi connectivity index (χ2v) is 3.41. The van der Waals surface area contributed by atoms with E-state index in [0.717, 1.165) is 12.1 Å². The molecular weight excluding hydrogens is 176 g/mol. The Balaban J connectivity index is 2.61. The Morgan fingerprint density at radius 3 is 2.46 bits per heavy atom. The first-order valence-corrected chi connectivity index (χ1v) is 4.01. The van der Waals surface area contributed by atoms with Gasteiger partial charge >= 0.3 is 0 Å². The number of halogens is 2. The predicted molar refractivity (Wildman–Crippen MR) is 43.1 cm³/mol. The van der Waals surface area contributed by atoms with Gasteiger partial charge in [0.1, 0.15) is 5.75 Å². The normalized spacial score (nSPS) is 18.7. The molecule has 1 saturated carbocycles. The molecule has 70 valence electrons. The highest BCUT2D eigenvalue weighted by atomic mass is 19.2. The van der Waals surface area contributed by atoms with Gasteiger partial charge in [0.2, 0.25) is 0 Å². The van der Waals surface area contributed by atoms with Crippen molar-refractivity contribution in [2.45, 2.75) is 18.4 Å². The highest BCUT2D eigenvalue weighted by molar-refractivity contribution is 5.42. The molecule has 0 aliphatic heterocycles. The molecule has 0 heterocycles. The number of rotatable bonds is 1. The predicted octanol–water partition coefficient (Wildman–Crippen LogP) is 1.62. The van der Waals surface area contributed by atoms with Crippen LogP contribution in [0, 0.1) is 11.6 Å². The molecule has 0 aromatic heterocycles. The Bertz CT molecular complexity index is 361. The van der Waals surface area contributed by atoms with E-state index in [4.69, 9.17) is 5.73 Å². The van der Waals surface area contributed by atoms with Gasteiger partial charge in [0.15, 0.2) is 11.6 Å². The van der Waals surface area contributed by atoms with Gasteiger partial charge < -0.3 is 10.8 Å². The van der Waals surface area contributed by atoms with E-state index in [1.54, 1.807) is 0 Å². The van der Waals surface area contributed by atoms with Crippen molar-refractivity contribution in [1.82, 2.24) is 0 Å². The monoisotopic (exact) mass is 185 g/mol. The lowest BCUT2D eigenvalue weighted by Gasteiger charge is -2.12. The molecule has 0 bridgehead atoms. The van der Waals surface area contributed by atoms with Crippen LogP contribution in [0.2, 0.25) is 0 Å². The topological polar surface area (TPSA) is 46.2 Å². The third kappa shape index (κ3) is 1.18. The summed E-state index contributed by atoms with van der Waals surface area (Å²) >= 11 is 0. The quantitative estimate of drug-likeness (QED) is 0.698. The highest BCUT2D eigenvalue weighted by Crippen LogP contribution is 2.47. The summed E-state index contributed by atoms with van der Waals surface area (Å²) in [5.74, 6) is -2.26. The maximum absolute atomic E-state index is 13.2. The number of phenols is 1. The third-order valence-electron chi connectivity index (χ3n) is 2.36. The second kappa shape index (κ2) is 2.42. The van der Waals surface area contributed by atoms with E-state index in [1.165, 1.54) is 0 Å². The lowest BCUT2D eigenvalue weighted by molar-refractivity contribution is 0.428. The molecule has 0 unspecified atom stereocenters. The largest absolute Gasteiger partial charge is 0.507 e. The van der Waals surface area contributed by atoms with Crippen LogP contribution in [0.1, 0.15) is 18.4 Å². The number of phenolic OH excluding ortho intramolecular Hbond substituents is 1. The summed E-state index contributed by atoms with van der Waals surface area (Å²) in [6, 6.07) is 2.01. The Labute approximate surface area is 74.0 Å². The zero-order valence-corrected chi connectivity index (χ0v) is 6.85. The smallest absolute Gasteiger partial charge is 0.167 e. The van der Waals surface area contributed by atoms with Crippen LogP contribution in [-0.4, -0.2) is 5.11 Å². The minimum absolute atomic E-state index is 0.0903. The minimum Gasteiger partial charge on any atom is -0.507 e. The zero-order valence-electron chi connectivity index (χ0n) is 6.85. The maximum Gasteiger partial charge on any atom is 0.167 e. The molecule has 1 aliphatic rings. The van der Waals surface area contributed by atoms with Gasteiger partial charge in [0.25, 0.3) is 0 Å². The molecule has 1 aliphatic carbocycles. The minimum atomic E-state index is -1.03. The van der Waals surface area contributed by atoms with Gasteiger partial charge in [-0.2, -0.15) is 0 Å². The molecule has 2 rings (SSSR count). The summed E-state index contributed by atoms with van der Waals surface area (Å²) in [5.41, 5.74) is 4.73. The van der Waals surface area contributed by atoms with Gasteiger partial charge in [-0.25, -0.2) is 8.78 Å². The van der Waals surface area contributed by atoms with Crippen LogP contribution in [0.3, 0.4) is 0 Å². The zero-order chi connectivity index (χ0) is 9.64. The Morgan fingerprint density at radius 1 is 1.31 bits per heavy atom. The summed E-state index contributed by atoms with van der Waals surface area (Å²) in [6.45, 7) is 0. The van der Waals surface area contributed by atoms with Crippen molar-refractivity contribution in [1.29, 1.82) is 0 Å². The first-order valence-electron chi connectivity index (χ1n) is 4.01. The van der Waals surface area contributed by atoms with E-state index in [1.807, 2.05) is 0 Å². The van der Waals surface area contributed by atoms with Crippen molar-refractivity contribution >= 4 is 0 Å². The summed E-state index contributed by atoms with van der Waals surface area (Å²) < 4.78 is 26.0. The van der Waals surface area contributed by atoms with Crippen molar-refractivity contribution in [2.24, 2.45) is 5.73 Å². The SMILES string of the molecule is NC1(c2c(O)ccc(F)c2F)CC1. The molecule has 0 radical (unpaired) electrons. The van der Waals surface area contributed by atoms with Crippen molar-refractivity contribution in [3.63, 3.8) is 0 Å². The summed E-state index contributed by atoms with van der Waals surface area (Å²) in [4.78, 5) is 0. The van der Waals surface area contributed by atoms with E-state index in [0.29, 0.717) is 12.8 Å². The highest BCUT2D eigenvalue weighted by Gasteiger charge is 2.44. The lowest BCUT2D eigenvalue weighted by atomic mass is 10.0. The molecule has 0 atom stereocenters. The van der Waals surface area contributed by atoms with Gasteiger partial charge in [-0.15, -0.1) is 0 Å². The number of aromatic hydroxyl groups is 1. The third-order valence-corrected chi connectivity index (χ3v) is 2.36. The number of hydrogen-bond acceptors (Lipinski definition) is 2. The standard InChI is InChI=1S/C9H9F2NO/c10-5-1-2-6(13)7(8(5)11)9(12)3-4-9/h1-2,13H,3-4,12H2. The van der Waals surface area contributed by atoms with Crippen LogP contribution in [0.15, 0.2) is 12.1 Å². The van der Waals surface area contributed by atoms with Crippen LogP contribution < -0.4 is 5.73 Å². The van der Waals surface area contributed by atoms with E-state index in [2.05, 4.69) is 0 Å². The molecular formula is C9H9F2NO. The lowest BCUT2D eigenvalue weighted by Crippen LogP contribution is -2.21. The fourth-order valence-electron chi connectivity index (χ4n) is 1.40. The van der Waals surface area contributed by atoms with Crippen LogP contribution >= 0.6 is 0 Å². The molecule has 1 aromatic carbocycles. The van der Waals surface area contributed by atoms with Crippen LogP contribution in [0.25, 0.3) is 0 Å². The van der Waals surface area contributed by atoms with Gasteiger partial charge in [-0.1, -0.05) is 0 Å². The average molecular weight is 185 g/mol. The maximum atomic E-state index is 13.2. The molecule has 0 spiro atoms. The molecule has 1 aromatic rings. The van der Waals surface area contributed by atoms with E-state index < -0.39 is 17.2 Å². The molecule has 4 heteroatoms. The van der Waals surface area contributed by atoms with Gasteiger partial charge in [-0.05, 0) is 25.0 Å². The molecule has 13 heavy (non-hydrogen) atoms. The van der Waals surface area contributed by atoms with Gasteiger partial charge in [-0.3, -0.25) is 0 Å². The van der Waals surface area contributed by atoms with Crippen LogP contribution in [-0.2, 0) is 5.54 Å². The van der Waals surface area contributed by atoms with Crippen molar-refractivity contribution in [3.05, 3.63) is 29.3 Å². The average Bonchev–Trinajstić information content (AvgIpc) is 2.78. The van der Waals surface area contributed by atoms with Gasteiger partial charge in [0.05, 0.1) is 5.56 Å². The van der Waals surface area contributed by atoms with E-state index in [-0.39, 0.29) is 11.3 Å². The Kier molecular flexibility index (Phi) is 1.57. The Morgan fingerprint density at radius 2 is 1.92 bits per heavy atom. The summed E-state index contributed by atoms with van der Waals surface area (Å²) in [6.07, 6.45) is 1.17. The molecule has 3 N–H and O–H groups in total. The van der Waals surface area contributed by atoms with E-state index >= 15 is 0 Å². The summed E-state index contributed by atoms with van der Waals surface area (Å²) in [7, 11) is 0. The van der Waals surface area contributed by atoms with Crippen molar-refractivity contribution < 1.29 is 13.9 Å². The molecule has 2 nitrogen and oxygen atoms in total.